The fraction of sp³-hybridized carbons (Fsp3) is 0. The molecule has 0 aliphatic rings. The summed E-state index contributed by atoms with van der Waals surface area (Å²) in [6.07, 6.45) is 5.29. The summed E-state index contributed by atoms with van der Waals surface area (Å²) in [7, 11) is 0. The number of hydrazone groups is 1. The van der Waals surface area contributed by atoms with Gasteiger partial charge in [0, 0.05) is 24.2 Å². The average Bonchev–Trinajstić information content (AvgIpc) is 2.42. The van der Waals surface area contributed by atoms with Crippen molar-refractivity contribution in [2.45, 2.75) is 0 Å². The van der Waals surface area contributed by atoms with Gasteiger partial charge in [-0.25, -0.2) is 10.2 Å². The summed E-state index contributed by atoms with van der Waals surface area (Å²) in [4.78, 5) is 41.7. The number of aromatic nitrogens is 3. The maximum atomic E-state index is 11.6. The first-order chi connectivity index (χ1) is 9.16. The summed E-state index contributed by atoms with van der Waals surface area (Å²) in [5.41, 5.74) is 1.56. The Labute approximate surface area is 106 Å². The van der Waals surface area contributed by atoms with Gasteiger partial charge in [0.2, 0.25) is 0 Å². The topological polar surface area (TPSA) is 120 Å². The molecular formula is C11H9N5O3. The molecule has 2 heterocycles. The van der Waals surface area contributed by atoms with Crippen LogP contribution in [0.5, 0.6) is 0 Å². The zero-order valence-corrected chi connectivity index (χ0v) is 9.58. The highest BCUT2D eigenvalue weighted by atomic mass is 16.2. The minimum absolute atomic E-state index is 0.120. The highest BCUT2D eigenvalue weighted by Crippen LogP contribution is 1.94. The summed E-state index contributed by atoms with van der Waals surface area (Å²) in [5, 5.41) is 3.62. The Bertz CT molecular complexity index is 717. The predicted molar refractivity (Wildman–Crippen MR) is 67.0 cm³/mol. The van der Waals surface area contributed by atoms with E-state index in [4.69, 9.17) is 0 Å². The lowest BCUT2D eigenvalue weighted by Crippen LogP contribution is -2.25. The summed E-state index contributed by atoms with van der Waals surface area (Å²) >= 11 is 0. The molecule has 96 valence electrons. The van der Waals surface area contributed by atoms with E-state index in [0.29, 0.717) is 5.56 Å². The summed E-state index contributed by atoms with van der Waals surface area (Å²) in [6.45, 7) is 0. The van der Waals surface area contributed by atoms with Crippen LogP contribution in [-0.4, -0.2) is 27.1 Å². The van der Waals surface area contributed by atoms with Crippen LogP contribution in [0.1, 0.15) is 15.9 Å². The second-order valence-corrected chi connectivity index (χ2v) is 3.46. The van der Waals surface area contributed by atoms with E-state index in [0.717, 1.165) is 6.21 Å². The van der Waals surface area contributed by atoms with E-state index in [1.165, 1.54) is 30.7 Å². The van der Waals surface area contributed by atoms with Gasteiger partial charge in [-0.2, -0.15) is 5.10 Å². The van der Waals surface area contributed by atoms with Gasteiger partial charge in [0.25, 0.3) is 11.5 Å². The van der Waals surface area contributed by atoms with Gasteiger partial charge in [-0.05, 0) is 12.1 Å². The molecule has 8 heteroatoms. The van der Waals surface area contributed by atoms with Crippen LogP contribution >= 0.6 is 0 Å². The minimum atomic E-state index is -0.608. The third-order valence-corrected chi connectivity index (χ3v) is 2.16. The molecule has 0 atom stereocenters. The van der Waals surface area contributed by atoms with E-state index in [1.807, 2.05) is 4.98 Å². The molecule has 2 aromatic rings. The van der Waals surface area contributed by atoms with Crippen molar-refractivity contribution >= 4 is 12.1 Å². The highest BCUT2D eigenvalue weighted by molar-refractivity contribution is 5.94. The number of hydrogen-bond acceptors (Lipinski definition) is 5. The van der Waals surface area contributed by atoms with Gasteiger partial charge in [-0.1, -0.05) is 0 Å². The number of aromatic amines is 2. The Balaban J connectivity index is 2.06. The van der Waals surface area contributed by atoms with Crippen molar-refractivity contribution in [2.24, 2.45) is 5.10 Å². The molecule has 1 amide bonds. The molecule has 19 heavy (non-hydrogen) atoms. The highest BCUT2D eigenvalue weighted by Gasteiger charge is 2.02. The molecular weight excluding hydrogens is 250 g/mol. The molecule has 0 aliphatic heterocycles. The second kappa shape index (κ2) is 5.54. The number of pyridine rings is 1. The number of amides is 1. The molecule has 0 aromatic carbocycles. The van der Waals surface area contributed by atoms with Gasteiger partial charge in [0.1, 0.15) is 0 Å². The van der Waals surface area contributed by atoms with Crippen molar-refractivity contribution in [3.63, 3.8) is 0 Å². The monoisotopic (exact) mass is 259 g/mol. The number of nitrogens with one attached hydrogen (secondary N) is 3. The number of hydrogen-bond donors (Lipinski definition) is 3. The number of rotatable bonds is 3. The Morgan fingerprint density at radius 2 is 2.05 bits per heavy atom. The molecule has 0 unspecified atom stereocenters. The van der Waals surface area contributed by atoms with Crippen molar-refractivity contribution in [1.29, 1.82) is 0 Å². The Morgan fingerprint density at radius 3 is 2.74 bits per heavy atom. The predicted octanol–water partition coefficient (Wildman–Crippen LogP) is -0.778. The van der Waals surface area contributed by atoms with Crippen LogP contribution in [0, 0.1) is 0 Å². The maximum absolute atomic E-state index is 11.6. The molecule has 2 aromatic heterocycles. The molecule has 0 fully saturated rings. The number of H-pyrrole nitrogens is 2. The molecule has 0 bridgehead atoms. The number of carbonyl (C=O) groups is 1. The smallest absolute Gasteiger partial charge is 0.313 e. The lowest BCUT2D eigenvalue weighted by molar-refractivity contribution is 0.0955. The van der Waals surface area contributed by atoms with E-state index in [2.05, 4.69) is 20.5 Å². The second-order valence-electron chi connectivity index (χ2n) is 3.46. The maximum Gasteiger partial charge on any atom is 0.325 e. The first kappa shape index (κ1) is 12.4. The zero-order valence-electron chi connectivity index (χ0n) is 9.58. The normalized spacial score (nSPS) is 10.5. The summed E-state index contributed by atoms with van der Waals surface area (Å²) < 4.78 is 0. The van der Waals surface area contributed by atoms with Crippen LogP contribution in [0.4, 0.5) is 0 Å². The Hall–Kier alpha value is -3.03. The Morgan fingerprint density at radius 1 is 1.32 bits per heavy atom. The largest absolute Gasteiger partial charge is 0.325 e. The number of nitrogens with zero attached hydrogens (tertiary/aromatic N) is 2. The SMILES string of the molecule is O=C(N/N=C\c1c[nH]c(=O)[nH]c1=O)c1ccncc1. The van der Waals surface area contributed by atoms with E-state index in [9.17, 15) is 14.4 Å². The number of carbonyl (C=O) groups excluding carboxylic acids is 1. The van der Waals surface area contributed by atoms with Gasteiger partial charge in [0.05, 0.1) is 11.8 Å². The van der Waals surface area contributed by atoms with Gasteiger partial charge in [-0.15, -0.1) is 0 Å². The van der Waals surface area contributed by atoms with Crippen molar-refractivity contribution in [1.82, 2.24) is 20.4 Å². The van der Waals surface area contributed by atoms with Crippen LogP contribution in [0.25, 0.3) is 0 Å². The standard InChI is InChI=1S/C11H9N5O3/c17-9-8(5-13-11(19)15-9)6-14-16-10(18)7-1-3-12-4-2-7/h1-6H,(H,16,18)(H2,13,15,17,19)/b14-6-. The van der Waals surface area contributed by atoms with Crippen LogP contribution in [0.15, 0.2) is 45.4 Å². The quantitative estimate of drug-likeness (QED) is 0.494. The molecule has 0 aliphatic carbocycles. The molecule has 0 radical (unpaired) electrons. The van der Waals surface area contributed by atoms with Crippen molar-refractivity contribution < 1.29 is 4.79 Å². The third kappa shape index (κ3) is 3.22. The van der Waals surface area contributed by atoms with Crippen molar-refractivity contribution in [3.8, 4) is 0 Å². The van der Waals surface area contributed by atoms with E-state index < -0.39 is 17.2 Å². The van der Waals surface area contributed by atoms with Gasteiger partial charge >= 0.3 is 5.69 Å². The van der Waals surface area contributed by atoms with E-state index in [1.54, 1.807) is 0 Å². The van der Waals surface area contributed by atoms with Gasteiger partial charge < -0.3 is 4.98 Å². The van der Waals surface area contributed by atoms with E-state index >= 15 is 0 Å². The molecule has 3 N–H and O–H groups in total. The molecule has 2 rings (SSSR count). The van der Waals surface area contributed by atoms with Crippen LogP contribution in [0.3, 0.4) is 0 Å². The van der Waals surface area contributed by atoms with E-state index in [-0.39, 0.29) is 5.56 Å². The van der Waals surface area contributed by atoms with Crippen LogP contribution in [0.2, 0.25) is 0 Å². The first-order valence-electron chi connectivity index (χ1n) is 5.22. The zero-order chi connectivity index (χ0) is 13.7. The van der Waals surface area contributed by atoms with Crippen molar-refractivity contribution in [2.75, 3.05) is 0 Å². The minimum Gasteiger partial charge on any atom is -0.313 e. The van der Waals surface area contributed by atoms with Crippen molar-refractivity contribution in [3.05, 3.63) is 62.7 Å². The lowest BCUT2D eigenvalue weighted by atomic mass is 10.3. The Kier molecular flexibility index (Phi) is 3.62. The first-order valence-corrected chi connectivity index (χ1v) is 5.22. The molecule has 8 nitrogen and oxygen atoms in total. The average molecular weight is 259 g/mol. The fourth-order valence-corrected chi connectivity index (χ4v) is 1.24. The summed E-state index contributed by atoms with van der Waals surface area (Å²) in [5.74, 6) is -0.431. The molecule has 0 spiro atoms. The lowest BCUT2D eigenvalue weighted by Gasteiger charge is -1.97. The van der Waals surface area contributed by atoms with Crippen LogP contribution < -0.4 is 16.7 Å². The van der Waals surface area contributed by atoms with Crippen LogP contribution in [-0.2, 0) is 0 Å². The third-order valence-electron chi connectivity index (χ3n) is 2.16. The molecule has 0 saturated carbocycles. The molecule has 0 saturated heterocycles. The van der Waals surface area contributed by atoms with Gasteiger partial charge in [0.15, 0.2) is 0 Å². The van der Waals surface area contributed by atoms with Gasteiger partial charge in [-0.3, -0.25) is 19.6 Å². The fourth-order valence-electron chi connectivity index (χ4n) is 1.24. The summed E-state index contributed by atoms with van der Waals surface area (Å²) in [6, 6.07) is 3.05.